The lowest BCUT2D eigenvalue weighted by molar-refractivity contribution is -0.142. The molecular formula is C14H16FNO5. The van der Waals surface area contributed by atoms with Crippen LogP contribution >= 0.6 is 0 Å². The molecule has 0 spiro atoms. The first-order valence-electron chi connectivity index (χ1n) is 6.37. The number of likely N-dealkylation sites (N-methyl/N-ethyl adjacent to an activating group) is 1. The van der Waals surface area contributed by atoms with Crippen LogP contribution in [0.5, 0.6) is 5.75 Å². The Morgan fingerprint density at radius 2 is 2.14 bits per heavy atom. The van der Waals surface area contributed by atoms with Gasteiger partial charge in [-0.15, -0.1) is 0 Å². The van der Waals surface area contributed by atoms with Crippen LogP contribution in [0.1, 0.15) is 10.4 Å². The quantitative estimate of drug-likeness (QED) is 0.897. The second-order valence-corrected chi connectivity index (χ2v) is 4.81. The van der Waals surface area contributed by atoms with Crippen LogP contribution in [0.3, 0.4) is 0 Å². The van der Waals surface area contributed by atoms with E-state index in [0.29, 0.717) is 5.75 Å². The van der Waals surface area contributed by atoms with Gasteiger partial charge < -0.3 is 19.5 Å². The van der Waals surface area contributed by atoms with E-state index in [1.54, 1.807) is 0 Å². The number of carboxylic acids is 1. The van der Waals surface area contributed by atoms with Gasteiger partial charge >= 0.3 is 5.97 Å². The van der Waals surface area contributed by atoms with E-state index in [1.165, 1.54) is 31.2 Å². The number of carbonyl (C=O) groups excluding carboxylic acids is 1. The zero-order valence-electron chi connectivity index (χ0n) is 11.7. The Kier molecular flexibility index (Phi) is 4.42. The van der Waals surface area contributed by atoms with Crippen molar-refractivity contribution in [2.75, 3.05) is 27.4 Å². The Morgan fingerprint density at radius 1 is 1.43 bits per heavy atom. The second-order valence-electron chi connectivity index (χ2n) is 4.81. The highest BCUT2D eigenvalue weighted by molar-refractivity contribution is 5.95. The van der Waals surface area contributed by atoms with Gasteiger partial charge in [-0.1, -0.05) is 0 Å². The summed E-state index contributed by atoms with van der Waals surface area (Å²) in [6, 6.07) is 3.29. The van der Waals surface area contributed by atoms with Gasteiger partial charge in [0.05, 0.1) is 31.9 Å². The molecule has 1 heterocycles. The number of nitrogens with zero attached hydrogens (tertiary/aromatic N) is 1. The molecule has 1 aliphatic rings. The Hall–Kier alpha value is -2.15. The molecule has 6 nitrogen and oxygen atoms in total. The number of methoxy groups -OCH3 is 1. The third-order valence-electron chi connectivity index (χ3n) is 3.59. The summed E-state index contributed by atoms with van der Waals surface area (Å²) in [6.07, 6.45) is 0. The highest BCUT2D eigenvalue weighted by Crippen LogP contribution is 2.23. The average Bonchev–Trinajstić information content (AvgIpc) is 2.95. The third-order valence-corrected chi connectivity index (χ3v) is 3.59. The largest absolute Gasteiger partial charge is 0.497 e. The SMILES string of the molecule is COc1ccc(C(=O)N(C)C2COCC2C(=O)O)c(F)c1. The van der Waals surface area contributed by atoms with Gasteiger partial charge in [0, 0.05) is 13.1 Å². The van der Waals surface area contributed by atoms with E-state index in [9.17, 15) is 14.0 Å². The van der Waals surface area contributed by atoms with Crippen LogP contribution in [-0.2, 0) is 9.53 Å². The first kappa shape index (κ1) is 15.2. The first-order valence-corrected chi connectivity index (χ1v) is 6.37. The number of benzene rings is 1. The topological polar surface area (TPSA) is 76.1 Å². The Bertz CT molecular complexity index is 562. The first-order chi connectivity index (χ1) is 9.95. The number of hydrogen-bond acceptors (Lipinski definition) is 4. The summed E-state index contributed by atoms with van der Waals surface area (Å²) in [6.45, 7) is 0.166. The molecule has 2 atom stereocenters. The Morgan fingerprint density at radius 3 is 2.71 bits per heavy atom. The summed E-state index contributed by atoms with van der Waals surface area (Å²) in [4.78, 5) is 24.7. The van der Waals surface area contributed by atoms with Crippen LogP contribution in [-0.4, -0.2) is 55.3 Å². The number of carbonyl (C=O) groups is 2. The van der Waals surface area contributed by atoms with Gasteiger partial charge in [-0.3, -0.25) is 9.59 Å². The van der Waals surface area contributed by atoms with E-state index >= 15 is 0 Å². The lowest BCUT2D eigenvalue weighted by atomic mass is 10.0. The van der Waals surface area contributed by atoms with Crippen molar-refractivity contribution in [2.24, 2.45) is 5.92 Å². The molecule has 1 aromatic rings. The zero-order chi connectivity index (χ0) is 15.6. The van der Waals surface area contributed by atoms with Gasteiger partial charge in [-0.2, -0.15) is 0 Å². The summed E-state index contributed by atoms with van der Waals surface area (Å²) in [5.41, 5.74) is -0.130. The van der Waals surface area contributed by atoms with Gasteiger partial charge in [-0.25, -0.2) is 4.39 Å². The fourth-order valence-electron chi connectivity index (χ4n) is 2.30. The van der Waals surface area contributed by atoms with Crippen LogP contribution in [0.4, 0.5) is 4.39 Å². The van der Waals surface area contributed by atoms with Gasteiger partial charge in [0.2, 0.25) is 0 Å². The van der Waals surface area contributed by atoms with Crippen molar-refractivity contribution >= 4 is 11.9 Å². The average molecular weight is 297 g/mol. The fourth-order valence-corrected chi connectivity index (χ4v) is 2.30. The third kappa shape index (κ3) is 2.97. The van der Waals surface area contributed by atoms with Crippen molar-refractivity contribution in [1.82, 2.24) is 4.90 Å². The Balaban J connectivity index is 2.21. The molecule has 7 heteroatoms. The normalized spacial score (nSPS) is 21.1. The minimum absolute atomic E-state index is 0.0444. The molecule has 1 N–H and O–H groups in total. The number of amides is 1. The van der Waals surface area contributed by atoms with Crippen LogP contribution in [0.2, 0.25) is 0 Å². The molecule has 1 amide bonds. The number of rotatable bonds is 4. The van der Waals surface area contributed by atoms with E-state index in [2.05, 4.69) is 0 Å². The summed E-state index contributed by atoms with van der Waals surface area (Å²) in [5.74, 6) is -2.83. The number of hydrogen-bond donors (Lipinski definition) is 1. The van der Waals surface area contributed by atoms with E-state index in [1.807, 2.05) is 0 Å². The number of carboxylic acid groups (broad SMARTS) is 1. The molecular weight excluding hydrogens is 281 g/mol. The van der Waals surface area contributed by atoms with Crippen molar-refractivity contribution in [2.45, 2.75) is 6.04 Å². The molecule has 1 saturated heterocycles. The minimum atomic E-state index is -1.03. The van der Waals surface area contributed by atoms with Crippen molar-refractivity contribution in [3.8, 4) is 5.75 Å². The van der Waals surface area contributed by atoms with Crippen molar-refractivity contribution in [1.29, 1.82) is 0 Å². The molecule has 0 aromatic heterocycles. The van der Waals surface area contributed by atoms with Crippen molar-refractivity contribution < 1.29 is 28.6 Å². The predicted octanol–water partition coefficient (Wildman–Crippen LogP) is 1.01. The molecule has 2 rings (SSSR count). The second kappa shape index (κ2) is 6.09. The molecule has 21 heavy (non-hydrogen) atoms. The van der Waals surface area contributed by atoms with Gasteiger partial charge in [0.15, 0.2) is 0 Å². The molecule has 1 aromatic carbocycles. The highest BCUT2D eigenvalue weighted by atomic mass is 19.1. The van der Waals surface area contributed by atoms with Gasteiger partial charge in [0.1, 0.15) is 17.5 Å². The molecule has 0 bridgehead atoms. The molecule has 0 aliphatic carbocycles. The van der Waals surface area contributed by atoms with E-state index in [4.69, 9.17) is 14.6 Å². The van der Waals surface area contributed by atoms with Crippen molar-refractivity contribution in [3.05, 3.63) is 29.6 Å². The number of aliphatic carboxylic acids is 1. The molecule has 2 unspecified atom stereocenters. The molecule has 114 valence electrons. The number of halogens is 1. The van der Waals surface area contributed by atoms with Crippen LogP contribution in [0, 0.1) is 11.7 Å². The van der Waals surface area contributed by atoms with Gasteiger partial charge in [0.25, 0.3) is 5.91 Å². The van der Waals surface area contributed by atoms with Crippen LogP contribution < -0.4 is 4.74 Å². The minimum Gasteiger partial charge on any atom is -0.497 e. The standard InChI is InChI=1S/C14H16FNO5/c1-16(12-7-21-6-10(12)14(18)19)13(17)9-4-3-8(20-2)5-11(9)15/h3-5,10,12H,6-7H2,1-2H3,(H,18,19). The monoisotopic (exact) mass is 297 g/mol. The summed E-state index contributed by atoms with van der Waals surface area (Å²) in [5, 5.41) is 9.10. The molecule has 1 fully saturated rings. The van der Waals surface area contributed by atoms with Crippen molar-refractivity contribution in [3.63, 3.8) is 0 Å². The number of ether oxygens (including phenoxy) is 2. The fraction of sp³-hybridized carbons (Fsp3) is 0.429. The van der Waals surface area contributed by atoms with E-state index < -0.39 is 29.7 Å². The smallest absolute Gasteiger partial charge is 0.311 e. The molecule has 0 saturated carbocycles. The maximum Gasteiger partial charge on any atom is 0.311 e. The maximum atomic E-state index is 13.9. The highest BCUT2D eigenvalue weighted by Gasteiger charge is 2.39. The lowest BCUT2D eigenvalue weighted by Gasteiger charge is -2.26. The van der Waals surface area contributed by atoms with Gasteiger partial charge in [-0.05, 0) is 12.1 Å². The summed E-state index contributed by atoms with van der Waals surface area (Å²) in [7, 11) is 2.84. The molecule has 0 radical (unpaired) electrons. The maximum absolute atomic E-state index is 13.9. The molecule has 1 aliphatic heterocycles. The van der Waals surface area contributed by atoms with E-state index in [-0.39, 0.29) is 18.8 Å². The Labute approximate surface area is 121 Å². The lowest BCUT2D eigenvalue weighted by Crippen LogP contribution is -2.44. The summed E-state index contributed by atoms with van der Waals surface area (Å²) >= 11 is 0. The summed E-state index contributed by atoms with van der Waals surface area (Å²) < 4.78 is 23.9. The van der Waals surface area contributed by atoms with Crippen LogP contribution in [0.15, 0.2) is 18.2 Å². The predicted molar refractivity (Wildman–Crippen MR) is 70.8 cm³/mol. The zero-order valence-corrected chi connectivity index (χ0v) is 11.7. The van der Waals surface area contributed by atoms with E-state index in [0.717, 1.165) is 6.07 Å². The van der Waals surface area contributed by atoms with Crippen LogP contribution in [0.25, 0.3) is 0 Å².